The van der Waals surface area contributed by atoms with Crippen LogP contribution in [-0.4, -0.2) is 9.97 Å². The van der Waals surface area contributed by atoms with E-state index in [1.54, 1.807) is 0 Å². The van der Waals surface area contributed by atoms with Gasteiger partial charge in [0.15, 0.2) is 0 Å². The van der Waals surface area contributed by atoms with E-state index in [0.29, 0.717) is 0 Å². The summed E-state index contributed by atoms with van der Waals surface area (Å²) in [5, 5.41) is 0. The zero-order chi connectivity index (χ0) is 13.2. The van der Waals surface area contributed by atoms with Crippen molar-refractivity contribution < 1.29 is 0 Å². The number of nitrogen functional groups attached to an aromatic ring is 1. The number of nitrogens with zero attached hydrogens (tertiary/aromatic N) is 1. The quantitative estimate of drug-likeness (QED) is 0.702. The average Bonchev–Trinajstić information content (AvgIpc) is 2.79. The second kappa shape index (κ2) is 4.76. The number of aromatic nitrogens is 2. The van der Waals surface area contributed by atoms with Gasteiger partial charge in [0, 0.05) is 12.1 Å². The number of fused-ring (bicyclic) bond motifs is 1. The van der Waals surface area contributed by atoms with Crippen molar-refractivity contribution in [3.8, 4) is 0 Å². The molecule has 3 nitrogen and oxygen atoms in total. The lowest BCUT2D eigenvalue weighted by Gasteiger charge is -2.03. The molecule has 0 saturated heterocycles. The number of imidazole rings is 1. The molecule has 0 aliphatic heterocycles. The fourth-order valence-electron chi connectivity index (χ4n) is 2.31. The van der Waals surface area contributed by atoms with Crippen LogP contribution in [0.2, 0.25) is 0 Å². The first-order valence-electron chi connectivity index (χ1n) is 6.51. The van der Waals surface area contributed by atoms with Crippen LogP contribution in [-0.2, 0) is 12.8 Å². The van der Waals surface area contributed by atoms with E-state index < -0.39 is 0 Å². The zero-order valence-electron chi connectivity index (χ0n) is 11.0. The van der Waals surface area contributed by atoms with Crippen molar-refractivity contribution in [1.29, 1.82) is 0 Å². The molecule has 3 aromatic rings. The molecule has 2 aromatic carbocycles. The number of hydrogen-bond acceptors (Lipinski definition) is 2. The largest absolute Gasteiger partial charge is 0.399 e. The Morgan fingerprint density at radius 2 is 1.95 bits per heavy atom. The molecule has 19 heavy (non-hydrogen) atoms. The Morgan fingerprint density at radius 3 is 2.79 bits per heavy atom. The summed E-state index contributed by atoms with van der Waals surface area (Å²) in [5.74, 6) is 1.02. The van der Waals surface area contributed by atoms with Crippen molar-refractivity contribution in [1.82, 2.24) is 9.97 Å². The van der Waals surface area contributed by atoms with Crippen molar-refractivity contribution in [3.05, 3.63) is 59.4 Å². The molecule has 0 aliphatic rings. The number of anilines is 1. The Kier molecular flexibility index (Phi) is 2.95. The minimum Gasteiger partial charge on any atom is -0.399 e. The molecular formula is C16H17N3. The van der Waals surface area contributed by atoms with Gasteiger partial charge in [-0.1, -0.05) is 24.3 Å². The summed E-state index contributed by atoms with van der Waals surface area (Å²) in [4.78, 5) is 7.98. The van der Waals surface area contributed by atoms with E-state index >= 15 is 0 Å². The second-order valence-corrected chi connectivity index (χ2v) is 4.90. The lowest BCUT2D eigenvalue weighted by molar-refractivity contribution is 0.892. The van der Waals surface area contributed by atoms with Crippen LogP contribution in [0, 0.1) is 6.92 Å². The number of benzene rings is 2. The first kappa shape index (κ1) is 11.8. The summed E-state index contributed by atoms with van der Waals surface area (Å²) >= 11 is 0. The van der Waals surface area contributed by atoms with E-state index in [1.807, 2.05) is 18.2 Å². The van der Waals surface area contributed by atoms with Gasteiger partial charge in [-0.3, -0.25) is 0 Å². The minimum atomic E-state index is 0.856. The van der Waals surface area contributed by atoms with Gasteiger partial charge in [-0.25, -0.2) is 4.98 Å². The van der Waals surface area contributed by atoms with Crippen molar-refractivity contribution in [2.45, 2.75) is 19.8 Å². The summed E-state index contributed by atoms with van der Waals surface area (Å²) in [6.07, 6.45) is 1.79. The van der Waals surface area contributed by atoms with E-state index in [9.17, 15) is 0 Å². The zero-order valence-corrected chi connectivity index (χ0v) is 11.0. The molecule has 0 saturated carbocycles. The van der Waals surface area contributed by atoms with Gasteiger partial charge in [-0.2, -0.15) is 0 Å². The van der Waals surface area contributed by atoms with Gasteiger partial charge in [0.25, 0.3) is 0 Å². The topological polar surface area (TPSA) is 54.7 Å². The predicted octanol–water partition coefficient (Wildman–Crippen LogP) is 3.24. The van der Waals surface area contributed by atoms with Gasteiger partial charge in [0.2, 0.25) is 0 Å². The monoisotopic (exact) mass is 251 g/mol. The molecule has 0 fully saturated rings. The fourth-order valence-corrected chi connectivity index (χ4v) is 2.31. The van der Waals surface area contributed by atoms with Crippen LogP contribution < -0.4 is 5.73 Å². The maximum Gasteiger partial charge on any atom is 0.107 e. The third kappa shape index (κ3) is 2.45. The summed E-state index contributed by atoms with van der Waals surface area (Å²) in [5.41, 5.74) is 11.4. The predicted molar refractivity (Wildman–Crippen MR) is 79.1 cm³/mol. The Hall–Kier alpha value is -2.29. The Labute approximate surface area is 112 Å². The van der Waals surface area contributed by atoms with Gasteiger partial charge < -0.3 is 10.7 Å². The third-order valence-corrected chi connectivity index (χ3v) is 3.37. The average molecular weight is 251 g/mol. The Morgan fingerprint density at radius 1 is 1.11 bits per heavy atom. The number of aryl methyl sites for hydroxylation is 3. The smallest absolute Gasteiger partial charge is 0.107 e. The highest BCUT2D eigenvalue weighted by atomic mass is 14.9. The minimum absolute atomic E-state index is 0.856. The van der Waals surface area contributed by atoms with Gasteiger partial charge in [0.1, 0.15) is 5.82 Å². The number of nitrogens with two attached hydrogens (primary N) is 1. The van der Waals surface area contributed by atoms with Crippen LogP contribution >= 0.6 is 0 Å². The molecule has 0 aliphatic carbocycles. The number of aromatic amines is 1. The lowest BCUT2D eigenvalue weighted by atomic mass is 10.1. The van der Waals surface area contributed by atoms with Crippen molar-refractivity contribution in [3.63, 3.8) is 0 Å². The van der Waals surface area contributed by atoms with Gasteiger partial charge in [-0.15, -0.1) is 0 Å². The van der Waals surface area contributed by atoms with Gasteiger partial charge >= 0.3 is 0 Å². The summed E-state index contributed by atoms with van der Waals surface area (Å²) in [6, 6.07) is 14.3. The molecule has 96 valence electrons. The highest BCUT2D eigenvalue weighted by molar-refractivity contribution is 5.75. The molecule has 3 rings (SSSR count). The SMILES string of the molecule is Cc1ccc2nc(CCc3ccccc3N)[nH]c2c1. The molecule has 0 amide bonds. The number of nitrogens with one attached hydrogen (secondary N) is 1. The van der Waals surface area contributed by atoms with E-state index in [4.69, 9.17) is 5.73 Å². The molecule has 0 radical (unpaired) electrons. The maximum atomic E-state index is 5.95. The molecule has 3 N–H and O–H groups in total. The number of rotatable bonds is 3. The van der Waals surface area contributed by atoms with Crippen LogP contribution in [0.4, 0.5) is 5.69 Å². The van der Waals surface area contributed by atoms with Crippen LogP contribution in [0.15, 0.2) is 42.5 Å². The molecule has 0 atom stereocenters. The first-order chi connectivity index (χ1) is 9.22. The normalized spacial score (nSPS) is 11.0. The summed E-state index contributed by atoms with van der Waals surface area (Å²) in [6.45, 7) is 2.09. The van der Waals surface area contributed by atoms with Gasteiger partial charge in [0.05, 0.1) is 11.0 Å². The Balaban J connectivity index is 1.80. The maximum absolute atomic E-state index is 5.95. The highest BCUT2D eigenvalue weighted by Gasteiger charge is 2.04. The van der Waals surface area contributed by atoms with Crippen LogP contribution in [0.5, 0.6) is 0 Å². The number of para-hydroxylation sites is 1. The summed E-state index contributed by atoms with van der Waals surface area (Å²) in [7, 11) is 0. The van der Waals surface area contributed by atoms with Crippen LogP contribution in [0.3, 0.4) is 0 Å². The van der Waals surface area contributed by atoms with E-state index in [2.05, 4.69) is 41.2 Å². The van der Waals surface area contributed by atoms with Crippen molar-refractivity contribution in [2.75, 3.05) is 5.73 Å². The van der Waals surface area contributed by atoms with Gasteiger partial charge in [-0.05, 0) is 42.7 Å². The molecule has 0 bridgehead atoms. The molecule has 3 heteroatoms. The molecule has 1 heterocycles. The first-order valence-corrected chi connectivity index (χ1v) is 6.51. The number of H-pyrrole nitrogens is 1. The molecule has 0 spiro atoms. The van der Waals surface area contributed by atoms with E-state index in [1.165, 1.54) is 11.1 Å². The standard InChI is InChI=1S/C16H17N3/c1-11-6-8-14-15(10-11)19-16(18-14)9-7-12-4-2-3-5-13(12)17/h2-6,8,10H,7,9,17H2,1H3,(H,18,19). The molecule has 1 aromatic heterocycles. The Bertz CT molecular complexity index is 713. The highest BCUT2D eigenvalue weighted by Crippen LogP contribution is 2.16. The number of hydrogen-bond donors (Lipinski definition) is 2. The molecular weight excluding hydrogens is 234 g/mol. The fraction of sp³-hybridized carbons (Fsp3) is 0.188. The van der Waals surface area contributed by atoms with Crippen LogP contribution in [0.25, 0.3) is 11.0 Å². The third-order valence-electron chi connectivity index (χ3n) is 3.37. The second-order valence-electron chi connectivity index (χ2n) is 4.90. The van der Waals surface area contributed by atoms with E-state index in [-0.39, 0.29) is 0 Å². The lowest BCUT2D eigenvalue weighted by Crippen LogP contribution is -1.97. The summed E-state index contributed by atoms with van der Waals surface area (Å²) < 4.78 is 0. The van der Waals surface area contributed by atoms with Crippen molar-refractivity contribution >= 4 is 16.7 Å². The van der Waals surface area contributed by atoms with Crippen LogP contribution in [0.1, 0.15) is 17.0 Å². The van der Waals surface area contributed by atoms with E-state index in [0.717, 1.165) is 35.4 Å². The van der Waals surface area contributed by atoms with Crippen molar-refractivity contribution in [2.24, 2.45) is 0 Å². The molecule has 0 unspecified atom stereocenters.